The first-order chi connectivity index (χ1) is 15.0. The van der Waals surface area contributed by atoms with Crippen molar-refractivity contribution in [3.8, 4) is 5.75 Å². The van der Waals surface area contributed by atoms with E-state index >= 15 is 0 Å². The molecule has 2 fully saturated rings. The highest BCUT2D eigenvalue weighted by Gasteiger charge is 2.48. The van der Waals surface area contributed by atoms with Crippen molar-refractivity contribution >= 4 is 5.91 Å². The highest BCUT2D eigenvalue weighted by Crippen LogP contribution is 2.51. The lowest BCUT2D eigenvalue weighted by atomic mass is 9.64. The molecule has 0 bridgehead atoms. The summed E-state index contributed by atoms with van der Waals surface area (Å²) in [7, 11) is 6.11. The highest BCUT2D eigenvalue weighted by molar-refractivity contribution is 5.76. The van der Waals surface area contributed by atoms with Crippen LogP contribution in [0.5, 0.6) is 5.75 Å². The van der Waals surface area contributed by atoms with Crippen molar-refractivity contribution in [1.29, 1.82) is 0 Å². The first-order valence-corrected chi connectivity index (χ1v) is 11.6. The molecule has 4 rings (SSSR count). The van der Waals surface area contributed by atoms with Gasteiger partial charge in [0.25, 0.3) is 0 Å². The van der Waals surface area contributed by atoms with Gasteiger partial charge in [0.05, 0.1) is 7.11 Å². The molecule has 0 N–H and O–H groups in total. The summed E-state index contributed by atoms with van der Waals surface area (Å²) in [5, 5.41) is 0. The zero-order chi connectivity index (χ0) is 21.9. The zero-order valence-electron chi connectivity index (χ0n) is 19.3. The predicted octanol–water partition coefficient (Wildman–Crippen LogP) is 4.88. The van der Waals surface area contributed by atoms with Gasteiger partial charge in [-0.2, -0.15) is 0 Å². The summed E-state index contributed by atoms with van der Waals surface area (Å²) in [6.07, 6.45) is 7.26. The van der Waals surface area contributed by atoms with Gasteiger partial charge in [-0.25, -0.2) is 0 Å². The first kappa shape index (κ1) is 21.9. The van der Waals surface area contributed by atoms with E-state index in [0.29, 0.717) is 17.7 Å². The second-order valence-electron chi connectivity index (χ2n) is 9.71. The van der Waals surface area contributed by atoms with Crippen molar-refractivity contribution in [2.45, 2.75) is 50.5 Å². The Labute approximate surface area is 187 Å². The number of hydrogen-bond donors (Lipinski definition) is 0. The monoisotopic (exact) mass is 420 g/mol. The molecule has 1 amide bonds. The van der Waals surface area contributed by atoms with Gasteiger partial charge in [0.1, 0.15) is 5.75 Å². The molecule has 1 saturated carbocycles. The molecular weight excluding hydrogens is 384 g/mol. The van der Waals surface area contributed by atoms with Crippen LogP contribution in [0.15, 0.2) is 54.6 Å². The van der Waals surface area contributed by atoms with Gasteiger partial charge in [-0.3, -0.25) is 9.69 Å². The summed E-state index contributed by atoms with van der Waals surface area (Å²) in [4.78, 5) is 17.5. The third-order valence-corrected chi connectivity index (χ3v) is 7.88. The third-order valence-electron chi connectivity index (χ3n) is 7.88. The molecule has 0 unspecified atom stereocenters. The number of amides is 1. The maximum absolute atomic E-state index is 12.9. The average Bonchev–Trinajstić information content (AvgIpc) is 3.22. The molecule has 2 aliphatic rings. The Morgan fingerprint density at radius 2 is 1.65 bits per heavy atom. The number of methoxy groups -OCH3 is 1. The van der Waals surface area contributed by atoms with E-state index in [0.717, 1.165) is 44.5 Å². The molecule has 1 heterocycles. The molecule has 31 heavy (non-hydrogen) atoms. The number of nitrogens with zero attached hydrogens (tertiary/aromatic N) is 2. The number of likely N-dealkylation sites (tertiary alicyclic amines) is 1. The minimum absolute atomic E-state index is 0.123. The molecule has 1 aliphatic carbocycles. The van der Waals surface area contributed by atoms with E-state index in [-0.39, 0.29) is 5.54 Å². The standard InChI is InChI=1S/C27H36N2O2/c1-28(2)27(23-7-5-4-6-8-23)17-15-26(16-18-27)19-20-29(21-26)25(30)14-11-22-9-12-24(31-3)13-10-22/h4-10,12-13H,11,14-21H2,1-3H3. The van der Waals surface area contributed by atoms with Gasteiger partial charge in [-0.15, -0.1) is 0 Å². The fourth-order valence-electron chi connectivity index (χ4n) is 5.69. The van der Waals surface area contributed by atoms with E-state index in [4.69, 9.17) is 4.74 Å². The molecule has 1 spiro atoms. The minimum Gasteiger partial charge on any atom is -0.497 e. The number of carbonyl (C=O) groups is 1. The predicted molar refractivity (Wildman–Crippen MR) is 125 cm³/mol. The molecule has 0 atom stereocenters. The summed E-state index contributed by atoms with van der Waals surface area (Å²) in [5.74, 6) is 1.17. The second-order valence-corrected chi connectivity index (χ2v) is 9.71. The number of ether oxygens (including phenoxy) is 1. The normalized spacial score (nSPS) is 25.9. The van der Waals surface area contributed by atoms with E-state index < -0.39 is 0 Å². The van der Waals surface area contributed by atoms with Gasteiger partial charge in [-0.1, -0.05) is 42.5 Å². The second kappa shape index (κ2) is 9.04. The van der Waals surface area contributed by atoms with Crippen LogP contribution in [0, 0.1) is 5.41 Å². The number of hydrogen-bond acceptors (Lipinski definition) is 3. The summed E-state index contributed by atoms with van der Waals surface area (Å²) in [6.45, 7) is 1.86. The Morgan fingerprint density at radius 1 is 0.968 bits per heavy atom. The van der Waals surface area contributed by atoms with Crippen LogP contribution in [-0.4, -0.2) is 50.0 Å². The fourth-order valence-corrected chi connectivity index (χ4v) is 5.69. The number of carbonyl (C=O) groups excluding carboxylic acids is 1. The third kappa shape index (κ3) is 4.50. The fraction of sp³-hybridized carbons (Fsp3) is 0.519. The van der Waals surface area contributed by atoms with E-state index in [9.17, 15) is 4.79 Å². The molecule has 166 valence electrons. The van der Waals surface area contributed by atoms with Crippen LogP contribution in [-0.2, 0) is 16.8 Å². The molecule has 4 heteroatoms. The Bertz CT molecular complexity index is 868. The number of rotatable bonds is 6. The average molecular weight is 421 g/mol. The van der Waals surface area contributed by atoms with Crippen LogP contribution in [0.3, 0.4) is 0 Å². The van der Waals surface area contributed by atoms with Gasteiger partial charge in [-0.05, 0) is 81.3 Å². The van der Waals surface area contributed by atoms with Crippen LogP contribution < -0.4 is 4.74 Å². The lowest BCUT2D eigenvalue weighted by Gasteiger charge is -2.49. The van der Waals surface area contributed by atoms with E-state index in [2.05, 4.69) is 66.4 Å². The smallest absolute Gasteiger partial charge is 0.222 e. The van der Waals surface area contributed by atoms with Gasteiger partial charge in [0, 0.05) is 25.0 Å². The van der Waals surface area contributed by atoms with Crippen molar-refractivity contribution in [3.05, 3.63) is 65.7 Å². The van der Waals surface area contributed by atoms with Crippen molar-refractivity contribution < 1.29 is 9.53 Å². The van der Waals surface area contributed by atoms with Crippen LogP contribution in [0.2, 0.25) is 0 Å². The number of aryl methyl sites for hydroxylation is 1. The molecule has 2 aromatic rings. The molecular formula is C27H36N2O2. The van der Waals surface area contributed by atoms with Crippen LogP contribution in [0.1, 0.15) is 49.7 Å². The van der Waals surface area contributed by atoms with Gasteiger partial charge in [0.15, 0.2) is 0 Å². The van der Waals surface area contributed by atoms with Crippen molar-refractivity contribution in [2.75, 3.05) is 34.3 Å². The molecule has 0 aromatic heterocycles. The van der Waals surface area contributed by atoms with Gasteiger partial charge in [0.2, 0.25) is 5.91 Å². The summed E-state index contributed by atoms with van der Waals surface area (Å²) >= 11 is 0. The summed E-state index contributed by atoms with van der Waals surface area (Å²) < 4.78 is 5.22. The topological polar surface area (TPSA) is 32.8 Å². The Kier molecular flexibility index (Phi) is 6.38. The molecule has 4 nitrogen and oxygen atoms in total. The molecule has 1 saturated heterocycles. The maximum atomic E-state index is 12.9. The maximum Gasteiger partial charge on any atom is 0.222 e. The lowest BCUT2D eigenvalue weighted by Crippen LogP contribution is -2.47. The van der Waals surface area contributed by atoms with E-state index in [1.807, 2.05) is 12.1 Å². The van der Waals surface area contributed by atoms with Crippen molar-refractivity contribution in [1.82, 2.24) is 9.80 Å². The highest BCUT2D eigenvalue weighted by atomic mass is 16.5. The molecule has 0 radical (unpaired) electrons. The molecule has 2 aromatic carbocycles. The van der Waals surface area contributed by atoms with Gasteiger partial charge < -0.3 is 9.64 Å². The first-order valence-electron chi connectivity index (χ1n) is 11.6. The Balaban J connectivity index is 1.34. The SMILES string of the molecule is COc1ccc(CCC(=O)N2CCC3(CCC(c4ccccc4)(N(C)C)CC3)C2)cc1. The van der Waals surface area contributed by atoms with Crippen LogP contribution >= 0.6 is 0 Å². The largest absolute Gasteiger partial charge is 0.497 e. The Hall–Kier alpha value is -2.33. The van der Waals surface area contributed by atoms with Crippen LogP contribution in [0.4, 0.5) is 0 Å². The summed E-state index contributed by atoms with van der Waals surface area (Å²) in [5.41, 5.74) is 3.06. The lowest BCUT2D eigenvalue weighted by molar-refractivity contribution is -0.130. The molecule has 1 aliphatic heterocycles. The zero-order valence-corrected chi connectivity index (χ0v) is 19.3. The van der Waals surface area contributed by atoms with E-state index in [1.54, 1.807) is 7.11 Å². The quantitative estimate of drug-likeness (QED) is 0.668. The van der Waals surface area contributed by atoms with E-state index in [1.165, 1.54) is 24.0 Å². The Morgan fingerprint density at radius 3 is 2.26 bits per heavy atom. The van der Waals surface area contributed by atoms with Crippen molar-refractivity contribution in [3.63, 3.8) is 0 Å². The van der Waals surface area contributed by atoms with Crippen LogP contribution in [0.25, 0.3) is 0 Å². The minimum atomic E-state index is 0.123. The van der Waals surface area contributed by atoms with Crippen molar-refractivity contribution in [2.24, 2.45) is 5.41 Å². The number of benzene rings is 2. The summed E-state index contributed by atoms with van der Waals surface area (Å²) in [6, 6.07) is 19.0. The van der Waals surface area contributed by atoms with Gasteiger partial charge >= 0.3 is 0 Å².